The van der Waals surface area contributed by atoms with Crippen molar-refractivity contribution in [3.63, 3.8) is 0 Å². The second-order valence-electron chi connectivity index (χ2n) is 8.42. The van der Waals surface area contributed by atoms with E-state index in [9.17, 15) is 24.8 Å². The molecule has 0 fully saturated rings. The summed E-state index contributed by atoms with van der Waals surface area (Å²) in [5, 5.41) is 22.9. The first kappa shape index (κ1) is 29.0. The Kier molecular flexibility index (Phi) is 9.37. The number of aliphatic hydroxyl groups excluding tert-OH is 1. The first-order chi connectivity index (χ1) is 18.0. The Balaban J connectivity index is 2.03. The molecule has 12 heteroatoms. The van der Waals surface area contributed by atoms with Crippen LogP contribution in [0.5, 0.6) is 5.75 Å². The zero-order valence-corrected chi connectivity index (χ0v) is 22.6. The molecule has 0 amide bonds. The fourth-order valence-corrected chi connectivity index (χ4v) is 4.79. The van der Waals surface area contributed by atoms with Gasteiger partial charge in [-0.2, -0.15) is 0 Å². The second kappa shape index (κ2) is 12.3. The molecule has 0 saturated heterocycles. The Hall–Kier alpha value is -3.60. The molecule has 0 aliphatic carbocycles. The number of nitro benzene ring substituents is 1. The van der Waals surface area contributed by atoms with Crippen LogP contribution in [0.4, 0.5) is 5.69 Å². The number of hydrogen-bond acceptors (Lipinski definition) is 9. The molecule has 202 valence electrons. The van der Waals surface area contributed by atoms with Crippen molar-refractivity contribution in [2.45, 2.75) is 25.9 Å². The molecule has 0 saturated carbocycles. The fourth-order valence-electron chi connectivity index (χ4n) is 4.32. The number of benzene rings is 2. The van der Waals surface area contributed by atoms with Crippen LogP contribution in [0.2, 0.25) is 10.0 Å². The zero-order chi connectivity index (χ0) is 28.1. The van der Waals surface area contributed by atoms with Gasteiger partial charge in [0.2, 0.25) is 0 Å². The van der Waals surface area contributed by atoms with E-state index in [-0.39, 0.29) is 35.0 Å². The molecule has 1 N–H and O–H groups in total. The highest BCUT2D eigenvalue weighted by atomic mass is 35.5. The molecule has 38 heavy (non-hydrogen) atoms. The van der Waals surface area contributed by atoms with Gasteiger partial charge in [-0.3, -0.25) is 10.1 Å². The molecule has 1 unspecified atom stereocenters. The highest BCUT2D eigenvalue weighted by Crippen LogP contribution is 2.43. The maximum atomic E-state index is 13.0. The smallest absolute Gasteiger partial charge is 0.336 e. The number of carbonyl (C=O) groups excluding carboxylic acids is 2. The lowest BCUT2D eigenvalue weighted by Crippen LogP contribution is -2.40. The minimum atomic E-state index is -1.08. The normalized spacial score (nSPS) is 14.9. The maximum absolute atomic E-state index is 13.0. The summed E-state index contributed by atoms with van der Waals surface area (Å²) in [6.45, 7) is 3.05. The van der Waals surface area contributed by atoms with E-state index in [1.54, 1.807) is 36.9 Å². The summed E-state index contributed by atoms with van der Waals surface area (Å²) in [6.07, 6.45) is -1.08. The summed E-state index contributed by atoms with van der Waals surface area (Å²) in [5.41, 5.74) is 1.06. The molecule has 1 aliphatic heterocycles. The molecule has 1 aliphatic rings. The second-order valence-corrected chi connectivity index (χ2v) is 9.26. The van der Waals surface area contributed by atoms with Gasteiger partial charge in [0, 0.05) is 28.5 Å². The number of β-amino-alcohol motifs (C(OH)–C–C–N with tert-alkyl or cyclic N) is 1. The Labute approximate surface area is 229 Å². The number of nitro groups is 1. The first-order valence-corrected chi connectivity index (χ1v) is 12.1. The summed E-state index contributed by atoms with van der Waals surface area (Å²) >= 11 is 12.0. The number of hydrogen-bond donors (Lipinski definition) is 1. The summed E-state index contributed by atoms with van der Waals surface area (Å²) in [6, 6.07) is 10.3. The minimum absolute atomic E-state index is 0.0640. The average Bonchev–Trinajstić information content (AvgIpc) is 2.89. The van der Waals surface area contributed by atoms with Gasteiger partial charge in [-0.25, -0.2) is 9.59 Å². The molecule has 0 aromatic heterocycles. The lowest BCUT2D eigenvalue weighted by atomic mass is 9.79. The zero-order valence-electron chi connectivity index (χ0n) is 21.1. The number of non-ortho nitro benzene ring substituents is 1. The van der Waals surface area contributed by atoms with Crippen LogP contribution in [0, 0.1) is 10.1 Å². The van der Waals surface area contributed by atoms with Gasteiger partial charge < -0.3 is 24.2 Å². The summed E-state index contributed by atoms with van der Waals surface area (Å²) < 4.78 is 15.7. The van der Waals surface area contributed by atoms with Crippen LogP contribution in [0.25, 0.3) is 0 Å². The Morgan fingerprint density at radius 3 is 2.18 bits per heavy atom. The van der Waals surface area contributed by atoms with E-state index >= 15 is 0 Å². The molecule has 0 bridgehead atoms. The minimum Gasteiger partial charge on any atom is -0.489 e. The number of carbonyl (C=O) groups is 2. The molecule has 0 spiro atoms. The van der Waals surface area contributed by atoms with Crippen LogP contribution < -0.4 is 4.74 Å². The van der Waals surface area contributed by atoms with E-state index in [1.807, 2.05) is 0 Å². The van der Waals surface area contributed by atoms with E-state index in [4.69, 9.17) is 37.4 Å². The standard InChI is InChI=1S/C26H26Cl2N2O8/c1-14-22(25(32)36-3)24(16-6-5-7-18(10-16)30(34)35)23(26(33)37-4)15(2)29(14)12-19(31)13-38-21-9-8-17(27)11-20(21)28/h5-11,19,24,31H,12-13H2,1-4H3. The van der Waals surface area contributed by atoms with E-state index in [0.717, 1.165) is 0 Å². The molecular weight excluding hydrogens is 539 g/mol. The monoisotopic (exact) mass is 564 g/mol. The van der Waals surface area contributed by atoms with Crippen LogP contribution >= 0.6 is 23.2 Å². The van der Waals surface area contributed by atoms with Gasteiger partial charge in [-0.1, -0.05) is 35.3 Å². The van der Waals surface area contributed by atoms with Crippen LogP contribution in [0.15, 0.2) is 65.0 Å². The van der Waals surface area contributed by atoms with Crippen molar-refractivity contribution in [3.8, 4) is 5.75 Å². The maximum Gasteiger partial charge on any atom is 0.336 e. The highest BCUT2D eigenvalue weighted by molar-refractivity contribution is 6.35. The van der Waals surface area contributed by atoms with Gasteiger partial charge in [0.25, 0.3) is 5.69 Å². The lowest BCUT2D eigenvalue weighted by Gasteiger charge is -2.38. The van der Waals surface area contributed by atoms with E-state index in [0.29, 0.717) is 27.7 Å². The number of allylic oxidation sites excluding steroid dienone is 2. The number of rotatable bonds is 9. The molecule has 0 radical (unpaired) electrons. The molecule has 10 nitrogen and oxygen atoms in total. The van der Waals surface area contributed by atoms with Crippen LogP contribution in [0.1, 0.15) is 25.3 Å². The van der Waals surface area contributed by atoms with Crippen molar-refractivity contribution in [3.05, 3.63) is 90.7 Å². The number of esters is 2. The van der Waals surface area contributed by atoms with Crippen LogP contribution in [-0.2, 0) is 19.1 Å². The third-order valence-corrected chi connectivity index (χ3v) is 6.64. The third kappa shape index (κ3) is 6.09. The van der Waals surface area contributed by atoms with Crippen molar-refractivity contribution >= 4 is 40.8 Å². The highest BCUT2D eigenvalue weighted by Gasteiger charge is 2.41. The van der Waals surface area contributed by atoms with Gasteiger partial charge >= 0.3 is 11.9 Å². The first-order valence-electron chi connectivity index (χ1n) is 11.4. The molecular formula is C26H26Cl2N2O8. The third-order valence-electron chi connectivity index (χ3n) is 6.11. The Morgan fingerprint density at radius 1 is 1.05 bits per heavy atom. The number of aliphatic hydroxyl groups is 1. The van der Waals surface area contributed by atoms with Crippen molar-refractivity contribution in [1.29, 1.82) is 0 Å². The molecule has 1 heterocycles. The van der Waals surface area contributed by atoms with E-state index in [2.05, 4.69) is 0 Å². The predicted molar refractivity (Wildman–Crippen MR) is 140 cm³/mol. The number of ether oxygens (including phenoxy) is 3. The number of methoxy groups -OCH3 is 2. The van der Waals surface area contributed by atoms with Crippen molar-refractivity contribution in [2.75, 3.05) is 27.4 Å². The van der Waals surface area contributed by atoms with Gasteiger partial charge in [-0.15, -0.1) is 0 Å². The number of halogens is 2. The van der Waals surface area contributed by atoms with Gasteiger partial charge in [0.1, 0.15) is 18.5 Å². The van der Waals surface area contributed by atoms with Gasteiger partial charge in [0.15, 0.2) is 0 Å². The molecule has 3 rings (SSSR count). The van der Waals surface area contributed by atoms with Gasteiger partial charge in [0.05, 0.1) is 47.8 Å². The predicted octanol–water partition coefficient (Wildman–Crippen LogP) is 4.63. The van der Waals surface area contributed by atoms with Gasteiger partial charge in [-0.05, 0) is 37.6 Å². The average molecular weight is 565 g/mol. The van der Waals surface area contributed by atoms with Crippen LogP contribution in [-0.4, -0.2) is 60.3 Å². The largest absolute Gasteiger partial charge is 0.489 e. The van der Waals surface area contributed by atoms with E-state index in [1.165, 1.54) is 38.5 Å². The lowest BCUT2D eigenvalue weighted by molar-refractivity contribution is -0.384. The summed E-state index contributed by atoms with van der Waals surface area (Å²) in [4.78, 5) is 38.5. The Bertz CT molecular complexity index is 1280. The van der Waals surface area contributed by atoms with E-state index < -0.39 is 28.9 Å². The summed E-state index contributed by atoms with van der Waals surface area (Å²) in [5.74, 6) is -2.16. The molecule has 2 aromatic carbocycles. The van der Waals surface area contributed by atoms with Crippen LogP contribution in [0.3, 0.4) is 0 Å². The van der Waals surface area contributed by atoms with Crippen molar-refractivity contribution in [1.82, 2.24) is 4.90 Å². The molecule has 2 aromatic rings. The topological polar surface area (TPSA) is 128 Å². The van der Waals surface area contributed by atoms with Crippen molar-refractivity contribution in [2.24, 2.45) is 0 Å². The number of nitrogens with zero attached hydrogens (tertiary/aromatic N) is 2. The SMILES string of the molecule is COC(=O)C1=C(C)N(CC(O)COc2ccc(Cl)cc2Cl)C(C)=C(C(=O)OC)C1c1cccc([N+](=O)[O-])c1. The molecule has 1 atom stereocenters. The Morgan fingerprint density at radius 2 is 1.66 bits per heavy atom. The summed E-state index contributed by atoms with van der Waals surface area (Å²) in [7, 11) is 2.39. The van der Waals surface area contributed by atoms with Crippen molar-refractivity contribution < 1.29 is 33.8 Å². The quantitative estimate of drug-likeness (QED) is 0.263. The fraction of sp³-hybridized carbons (Fsp3) is 0.308.